The molecule has 5 nitrogen and oxygen atoms in total. The van der Waals surface area contributed by atoms with E-state index in [1.807, 2.05) is 73.1 Å². The number of aliphatic hydroxyl groups is 1. The lowest BCUT2D eigenvalue weighted by Crippen LogP contribution is -2.15. The fourth-order valence-corrected chi connectivity index (χ4v) is 3.54. The van der Waals surface area contributed by atoms with E-state index < -0.39 is 0 Å². The highest BCUT2D eigenvalue weighted by molar-refractivity contribution is 7.99. The standard InChI is InChI=1S/C21H23N3O2S/c1-15-7-6-10-19(16(15)2)23-20(26)14-27-21-22-18(13-25)12-24(21)11-17-8-4-3-5-9-17/h3-10,12,25H,11,13-14H2,1-2H3,(H,23,26). The Labute approximate surface area is 163 Å². The maximum absolute atomic E-state index is 12.4. The molecule has 6 heteroatoms. The fourth-order valence-electron chi connectivity index (χ4n) is 2.74. The highest BCUT2D eigenvalue weighted by Gasteiger charge is 2.12. The predicted molar refractivity (Wildman–Crippen MR) is 109 cm³/mol. The summed E-state index contributed by atoms with van der Waals surface area (Å²) in [6.07, 6.45) is 1.83. The van der Waals surface area contributed by atoms with E-state index in [0.717, 1.165) is 27.5 Å². The molecule has 27 heavy (non-hydrogen) atoms. The van der Waals surface area contributed by atoms with Crippen molar-refractivity contribution in [2.24, 2.45) is 0 Å². The van der Waals surface area contributed by atoms with Crippen molar-refractivity contribution in [3.8, 4) is 0 Å². The van der Waals surface area contributed by atoms with Gasteiger partial charge in [0.1, 0.15) is 0 Å². The Morgan fingerprint density at radius 1 is 1.15 bits per heavy atom. The third kappa shape index (κ3) is 4.99. The number of nitrogens with zero attached hydrogens (tertiary/aromatic N) is 2. The van der Waals surface area contributed by atoms with Gasteiger partial charge in [0.05, 0.1) is 18.1 Å². The van der Waals surface area contributed by atoms with Gasteiger partial charge in [-0.2, -0.15) is 0 Å². The van der Waals surface area contributed by atoms with Crippen molar-refractivity contribution < 1.29 is 9.90 Å². The molecule has 0 aliphatic heterocycles. The van der Waals surface area contributed by atoms with Gasteiger partial charge < -0.3 is 15.0 Å². The maximum Gasteiger partial charge on any atom is 0.234 e. The highest BCUT2D eigenvalue weighted by atomic mass is 32.2. The number of anilines is 1. The van der Waals surface area contributed by atoms with Crippen LogP contribution in [-0.4, -0.2) is 26.3 Å². The molecule has 3 aromatic rings. The van der Waals surface area contributed by atoms with E-state index in [1.54, 1.807) is 0 Å². The summed E-state index contributed by atoms with van der Waals surface area (Å²) >= 11 is 1.37. The fraction of sp³-hybridized carbons (Fsp3) is 0.238. The van der Waals surface area contributed by atoms with Gasteiger partial charge >= 0.3 is 0 Å². The van der Waals surface area contributed by atoms with Gasteiger partial charge in [-0.05, 0) is 36.6 Å². The molecule has 2 N–H and O–H groups in total. The smallest absolute Gasteiger partial charge is 0.234 e. The number of imidazole rings is 1. The molecule has 0 atom stereocenters. The summed E-state index contributed by atoms with van der Waals surface area (Å²) in [6, 6.07) is 15.9. The van der Waals surface area contributed by atoms with Crippen molar-refractivity contribution in [2.45, 2.75) is 32.2 Å². The summed E-state index contributed by atoms with van der Waals surface area (Å²) in [5.41, 5.74) is 4.80. The van der Waals surface area contributed by atoms with Crippen molar-refractivity contribution >= 4 is 23.4 Å². The number of hydrogen-bond acceptors (Lipinski definition) is 4. The Morgan fingerprint density at radius 2 is 1.93 bits per heavy atom. The minimum atomic E-state index is -0.121. The molecule has 0 saturated carbocycles. The molecule has 2 aromatic carbocycles. The molecule has 0 spiro atoms. The molecule has 1 heterocycles. The quantitative estimate of drug-likeness (QED) is 0.612. The first-order valence-electron chi connectivity index (χ1n) is 8.76. The molecule has 140 valence electrons. The molecule has 0 fully saturated rings. The average molecular weight is 382 g/mol. The molecular formula is C21H23N3O2S. The van der Waals surface area contributed by atoms with Gasteiger partial charge in [0, 0.05) is 18.4 Å². The number of benzene rings is 2. The molecule has 0 aliphatic carbocycles. The predicted octanol–water partition coefficient (Wildman–Crippen LogP) is 3.77. The van der Waals surface area contributed by atoms with E-state index in [4.69, 9.17) is 0 Å². The van der Waals surface area contributed by atoms with E-state index in [1.165, 1.54) is 11.8 Å². The first-order valence-corrected chi connectivity index (χ1v) is 9.75. The molecule has 0 radical (unpaired) electrons. The Balaban J connectivity index is 1.67. The van der Waals surface area contributed by atoms with Crippen LogP contribution in [0.4, 0.5) is 5.69 Å². The number of carbonyl (C=O) groups is 1. The van der Waals surface area contributed by atoms with E-state index in [-0.39, 0.29) is 18.3 Å². The van der Waals surface area contributed by atoms with Crippen molar-refractivity contribution in [2.75, 3.05) is 11.1 Å². The van der Waals surface area contributed by atoms with Gasteiger partial charge in [-0.15, -0.1) is 0 Å². The first kappa shape index (κ1) is 19.2. The van der Waals surface area contributed by atoms with Crippen LogP contribution in [0.15, 0.2) is 59.9 Å². The zero-order valence-electron chi connectivity index (χ0n) is 15.5. The van der Waals surface area contributed by atoms with Crippen LogP contribution >= 0.6 is 11.8 Å². The van der Waals surface area contributed by atoms with Gasteiger partial charge in [-0.1, -0.05) is 54.2 Å². The van der Waals surface area contributed by atoms with Crippen LogP contribution in [0, 0.1) is 13.8 Å². The van der Waals surface area contributed by atoms with Gasteiger partial charge in [0.25, 0.3) is 0 Å². The summed E-state index contributed by atoms with van der Waals surface area (Å²) < 4.78 is 1.97. The van der Waals surface area contributed by atoms with Crippen LogP contribution in [0.3, 0.4) is 0 Å². The van der Waals surface area contributed by atoms with Crippen molar-refractivity contribution in [3.63, 3.8) is 0 Å². The van der Waals surface area contributed by atoms with Gasteiger partial charge in [-0.25, -0.2) is 4.98 Å². The number of carbonyl (C=O) groups excluding carboxylic acids is 1. The molecule has 1 aromatic heterocycles. The Bertz CT molecular complexity index is 922. The number of nitrogens with one attached hydrogen (secondary N) is 1. The second-order valence-electron chi connectivity index (χ2n) is 6.37. The number of aliphatic hydroxyl groups excluding tert-OH is 1. The Hall–Kier alpha value is -2.57. The number of thioether (sulfide) groups is 1. The third-order valence-electron chi connectivity index (χ3n) is 4.36. The molecule has 0 saturated heterocycles. The average Bonchev–Trinajstić information content (AvgIpc) is 3.06. The summed E-state index contributed by atoms with van der Waals surface area (Å²) in [7, 11) is 0. The topological polar surface area (TPSA) is 67.2 Å². The van der Waals surface area contributed by atoms with Crippen molar-refractivity contribution in [1.82, 2.24) is 9.55 Å². The van der Waals surface area contributed by atoms with Crippen LogP contribution in [0.5, 0.6) is 0 Å². The minimum absolute atomic E-state index is 0.0755. The summed E-state index contributed by atoms with van der Waals surface area (Å²) in [5.74, 6) is 0.179. The van der Waals surface area contributed by atoms with E-state index >= 15 is 0 Å². The minimum Gasteiger partial charge on any atom is -0.390 e. The van der Waals surface area contributed by atoms with E-state index in [2.05, 4.69) is 10.3 Å². The summed E-state index contributed by atoms with van der Waals surface area (Å²) in [5, 5.41) is 13.1. The zero-order chi connectivity index (χ0) is 19.2. The highest BCUT2D eigenvalue weighted by Crippen LogP contribution is 2.22. The second kappa shape index (κ2) is 8.88. The lowest BCUT2D eigenvalue weighted by Gasteiger charge is -2.11. The van der Waals surface area contributed by atoms with Crippen LogP contribution in [0.25, 0.3) is 0 Å². The molecule has 0 aliphatic rings. The monoisotopic (exact) mass is 381 g/mol. The van der Waals surface area contributed by atoms with Gasteiger partial charge in [0.2, 0.25) is 5.91 Å². The van der Waals surface area contributed by atoms with Crippen LogP contribution in [0.2, 0.25) is 0 Å². The molecule has 1 amide bonds. The normalized spacial score (nSPS) is 10.8. The largest absolute Gasteiger partial charge is 0.390 e. The van der Waals surface area contributed by atoms with Crippen molar-refractivity contribution in [1.29, 1.82) is 0 Å². The maximum atomic E-state index is 12.4. The summed E-state index contributed by atoms with van der Waals surface area (Å²) in [4.78, 5) is 16.8. The third-order valence-corrected chi connectivity index (χ3v) is 5.35. The summed E-state index contributed by atoms with van der Waals surface area (Å²) in [6.45, 7) is 4.55. The number of aryl methyl sites for hydroxylation is 1. The molecule has 3 rings (SSSR count). The van der Waals surface area contributed by atoms with Crippen molar-refractivity contribution in [3.05, 3.63) is 77.1 Å². The van der Waals surface area contributed by atoms with E-state index in [9.17, 15) is 9.90 Å². The lowest BCUT2D eigenvalue weighted by molar-refractivity contribution is -0.113. The number of amides is 1. The van der Waals surface area contributed by atoms with Crippen LogP contribution < -0.4 is 5.32 Å². The number of rotatable bonds is 7. The van der Waals surface area contributed by atoms with E-state index in [0.29, 0.717) is 12.2 Å². The van der Waals surface area contributed by atoms with Gasteiger partial charge in [-0.3, -0.25) is 4.79 Å². The van der Waals surface area contributed by atoms with Crippen LogP contribution in [0.1, 0.15) is 22.4 Å². The molecule has 0 bridgehead atoms. The van der Waals surface area contributed by atoms with Crippen LogP contribution in [-0.2, 0) is 17.9 Å². The second-order valence-corrected chi connectivity index (χ2v) is 7.31. The first-order chi connectivity index (χ1) is 13.1. The van der Waals surface area contributed by atoms with Gasteiger partial charge in [0.15, 0.2) is 5.16 Å². The molecule has 0 unspecified atom stereocenters. The Kier molecular flexibility index (Phi) is 6.32. The number of aromatic nitrogens is 2. The lowest BCUT2D eigenvalue weighted by atomic mass is 10.1. The number of hydrogen-bond donors (Lipinski definition) is 2. The SMILES string of the molecule is Cc1cccc(NC(=O)CSc2nc(CO)cn2Cc2ccccc2)c1C. The Morgan fingerprint density at radius 3 is 2.67 bits per heavy atom. The molecular weight excluding hydrogens is 358 g/mol. The zero-order valence-corrected chi connectivity index (χ0v) is 16.3.